The number of urea groups is 1. The van der Waals surface area contributed by atoms with Gasteiger partial charge in [-0.2, -0.15) is 0 Å². The number of rotatable bonds is 2. The molecule has 0 spiro atoms. The van der Waals surface area contributed by atoms with E-state index in [1.54, 1.807) is 11.8 Å². The minimum absolute atomic E-state index is 0.0762. The number of ether oxygens (including phenoxy) is 1. The van der Waals surface area contributed by atoms with E-state index in [4.69, 9.17) is 0 Å². The Morgan fingerprint density at radius 2 is 1.95 bits per heavy atom. The molecule has 20 heavy (non-hydrogen) atoms. The Balaban J connectivity index is 2.23. The first-order valence-corrected chi connectivity index (χ1v) is 6.47. The van der Waals surface area contributed by atoms with E-state index < -0.39 is 11.8 Å². The summed E-state index contributed by atoms with van der Waals surface area (Å²) in [7, 11) is 1.22. The second-order valence-electron chi connectivity index (χ2n) is 4.75. The first-order valence-electron chi connectivity index (χ1n) is 6.47. The van der Waals surface area contributed by atoms with Crippen LogP contribution in [-0.2, 0) is 4.74 Å². The Morgan fingerprint density at radius 3 is 2.55 bits per heavy atom. The Labute approximate surface area is 116 Å². The predicted octanol–water partition coefficient (Wildman–Crippen LogP) is 2.55. The molecular weight excluding hydrogens is 263 g/mol. The maximum atomic E-state index is 13.8. The SMILES string of the molecule is COC(=O)c1cc(F)c(C)c(NC(=O)N2CCCC2)c1. The summed E-state index contributed by atoms with van der Waals surface area (Å²) in [5.41, 5.74) is 0.667. The summed E-state index contributed by atoms with van der Waals surface area (Å²) < 4.78 is 18.4. The monoisotopic (exact) mass is 280 g/mol. The zero-order valence-electron chi connectivity index (χ0n) is 11.5. The van der Waals surface area contributed by atoms with E-state index in [9.17, 15) is 14.0 Å². The van der Waals surface area contributed by atoms with Crippen molar-refractivity contribution in [1.82, 2.24) is 4.90 Å². The molecule has 1 saturated heterocycles. The number of nitrogens with zero attached hydrogens (tertiary/aromatic N) is 1. The van der Waals surface area contributed by atoms with Crippen LogP contribution < -0.4 is 5.32 Å². The van der Waals surface area contributed by atoms with Crippen molar-refractivity contribution >= 4 is 17.7 Å². The number of hydrogen-bond acceptors (Lipinski definition) is 3. The number of likely N-dealkylation sites (tertiary alicyclic amines) is 1. The first kappa shape index (κ1) is 14.3. The molecule has 1 aliphatic heterocycles. The van der Waals surface area contributed by atoms with Crippen molar-refractivity contribution in [1.29, 1.82) is 0 Å². The molecule has 0 aromatic heterocycles. The number of carbonyl (C=O) groups is 2. The van der Waals surface area contributed by atoms with Crippen LogP contribution in [-0.4, -0.2) is 37.1 Å². The molecule has 0 unspecified atom stereocenters. The van der Waals surface area contributed by atoms with E-state index in [1.165, 1.54) is 13.2 Å². The number of esters is 1. The van der Waals surface area contributed by atoms with Gasteiger partial charge in [-0.15, -0.1) is 0 Å². The van der Waals surface area contributed by atoms with Crippen molar-refractivity contribution in [3.05, 3.63) is 29.1 Å². The van der Waals surface area contributed by atoms with Crippen LogP contribution >= 0.6 is 0 Å². The van der Waals surface area contributed by atoms with Gasteiger partial charge in [-0.05, 0) is 31.9 Å². The van der Waals surface area contributed by atoms with Crippen molar-refractivity contribution in [2.45, 2.75) is 19.8 Å². The van der Waals surface area contributed by atoms with Gasteiger partial charge in [0.1, 0.15) is 5.82 Å². The highest BCUT2D eigenvalue weighted by atomic mass is 19.1. The molecule has 2 amide bonds. The molecule has 0 saturated carbocycles. The zero-order valence-corrected chi connectivity index (χ0v) is 11.5. The van der Waals surface area contributed by atoms with Crippen molar-refractivity contribution in [3.8, 4) is 0 Å². The third-order valence-corrected chi connectivity index (χ3v) is 3.40. The fraction of sp³-hybridized carbons (Fsp3) is 0.429. The van der Waals surface area contributed by atoms with Crippen LogP contribution in [0, 0.1) is 12.7 Å². The minimum Gasteiger partial charge on any atom is -0.465 e. The van der Waals surface area contributed by atoms with Crippen LogP contribution in [0.3, 0.4) is 0 Å². The highest BCUT2D eigenvalue weighted by Gasteiger charge is 2.20. The molecule has 1 N–H and O–H groups in total. The molecule has 1 aliphatic rings. The summed E-state index contributed by atoms with van der Waals surface area (Å²) >= 11 is 0. The Hall–Kier alpha value is -2.11. The van der Waals surface area contributed by atoms with Crippen LogP contribution in [0.25, 0.3) is 0 Å². The van der Waals surface area contributed by atoms with E-state index in [0.717, 1.165) is 18.9 Å². The maximum Gasteiger partial charge on any atom is 0.338 e. The quantitative estimate of drug-likeness (QED) is 0.847. The van der Waals surface area contributed by atoms with Crippen molar-refractivity contribution < 1.29 is 18.7 Å². The molecule has 0 bridgehead atoms. The molecule has 0 aliphatic carbocycles. The Kier molecular flexibility index (Phi) is 4.22. The average molecular weight is 280 g/mol. The lowest BCUT2D eigenvalue weighted by molar-refractivity contribution is 0.0600. The number of benzene rings is 1. The first-order chi connectivity index (χ1) is 9.52. The van der Waals surface area contributed by atoms with Gasteiger partial charge >= 0.3 is 12.0 Å². The fourth-order valence-electron chi connectivity index (χ4n) is 2.16. The molecule has 1 aromatic rings. The van der Waals surface area contributed by atoms with Gasteiger partial charge < -0.3 is 15.0 Å². The Morgan fingerprint density at radius 1 is 1.30 bits per heavy atom. The predicted molar refractivity (Wildman–Crippen MR) is 72.3 cm³/mol. The van der Waals surface area contributed by atoms with Gasteiger partial charge in [-0.25, -0.2) is 14.0 Å². The molecule has 2 rings (SSSR count). The van der Waals surface area contributed by atoms with Gasteiger partial charge in [0.2, 0.25) is 0 Å². The number of amides is 2. The van der Waals surface area contributed by atoms with E-state index in [-0.39, 0.29) is 11.6 Å². The molecule has 0 atom stereocenters. The molecule has 108 valence electrons. The lowest BCUT2D eigenvalue weighted by atomic mass is 10.1. The summed E-state index contributed by atoms with van der Waals surface area (Å²) in [6.45, 7) is 2.95. The fourth-order valence-corrected chi connectivity index (χ4v) is 2.16. The van der Waals surface area contributed by atoms with Crippen LogP contribution in [0.2, 0.25) is 0 Å². The average Bonchev–Trinajstić information content (AvgIpc) is 2.96. The number of halogens is 1. The lowest BCUT2D eigenvalue weighted by Gasteiger charge is -2.18. The van der Waals surface area contributed by atoms with Gasteiger partial charge in [-0.1, -0.05) is 0 Å². The van der Waals surface area contributed by atoms with Crippen molar-refractivity contribution in [2.75, 3.05) is 25.5 Å². The van der Waals surface area contributed by atoms with E-state index in [0.29, 0.717) is 24.3 Å². The standard InChI is InChI=1S/C14H17FN2O3/c1-9-11(15)7-10(13(18)20-2)8-12(9)16-14(19)17-5-3-4-6-17/h7-8H,3-6H2,1-2H3,(H,16,19). The third-order valence-electron chi connectivity index (χ3n) is 3.40. The van der Waals surface area contributed by atoms with Crippen molar-refractivity contribution in [2.24, 2.45) is 0 Å². The number of hydrogen-bond donors (Lipinski definition) is 1. The second-order valence-corrected chi connectivity index (χ2v) is 4.75. The molecule has 6 heteroatoms. The normalized spacial score (nSPS) is 14.2. The van der Waals surface area contributed by atoms with Gasteiger partial charge in [-0.3, -0.25) is 0 Å². The zero-order chi connectivity index (χ0) is 14.7. The highest BCUT2D eigenvalue weighted by Crippen LogP contribution is 2.22. The van der Waals surface area contributed by atoms with Gasteiger partial charge in [0.15, 0.2) is 0 Å². The number of carbonyl (C=O) groups excluding carboxylic acids is 2. The summed E-state index contributed by atoms with van der Waals surface area (Å²) in [6, 6.07) is 2.26. The van der Waals surface area contributed by atoms with Crippen LogP contribution in [0.5, 0.6) is 0 Å². The van der Waals surface area contributed by atoms with Crippen LogP contribution in [0.1, 0.15) is 28.8 Å². The van der Waals surface area contributed by atoms with Gasteiger partial charge in [0, 0.05) is 24.3 Å². The molecule has 1 aromatic carbocycles. The van der Waals surface area contributed by atoms with Crippen LogP contribution in [0.15, 0.2) is 12.1 Å². The van der Waals surface area contributed by atoms with Gasteiger partial charge in [0.05, 0.1) is 12.7 Å². The van der Waals surface area contributed by atoms with Gasteiger partial charge in [0.25, 0.3) is 0 Å². The smallest absolute Gasteiger partial charge is 0.338 e. The molecule has 5 nitrogen and oxygen atoms in total. The molecule has 1 fully saturated rings. The molecule has 1 heterocycles. The number of anilines is 1. The van der Waals surface area contributed by atoms with E-state index in [2.05, 4.69) is 10.1 Å². The lowest BCUT2D eigenvalue weighted by Crippen LogP contribution is -2.32. The number of methoxy groups -OCH3 is 1. The summed E-state index contributed by atoms with van der Waals surface area (Å²) in [6.07, 6.45) is 1.95. The number of nitrogens with one attached hydrogen (secondary N) is 1. The maximum absolute atomic E-state index is 13.8. The van der Waals surface area contributed by atoms with E-state index in [1.807, 2.05) is 0 Å². The summed E-state index contributed by atoms with van der Waals surface area (Å²) in [4.78, 5) is 25.1. The summed E-state index contributed by atoms with van der Waals surface area (Å²) in [5, 5.41) is 2.65. The molecule has 0 radical (unpaired) electrons. The Bertz CT molecular complexity index is 539. The largest absolute Gasteiger partial charge is 0.465 e. The third kappa shape index (κ3) is 2.89. The van der Waals surface area contributed by atoms with Crippen molar-refractivity contribution in [3.63, 3.8) is 0 Å². The van der Waals surface area contributed by atoms with E-state index >= 15 is 0 Å². The minimum atomic E-state index is -0.638. The topological polar surface area (TPSA) is 58.6 Å². The molecular formula is C14H17FN2O3. The van der Waals surface area contributed by atoms with Crippen LogP contribution in [0.4, 0.5) is 14.9 Å². The summed E-state index contributed by atoms with van der Waals surface area (Å²) in [5.74, 6) is -1.19. The second kappa shape index (κ2) is 5.90. The highest BCUT2D eigenvalue weighted by molar-refractivity contribution is 5.94.